The van der Waals surface area contributed by atoms with Crippen LogP contribution in [-0.4, -0.2) is 86.3 Å². The highest BCUT2D eigenvalue weighted by atomic mass is 16.5. The van der Waals surface area contributed by atoms with Crippen LogP contribution in [0, 0.1) is 18.8 Å². The Bertz CT molecular complexity index is 1330. The van der Waals surface area contributed by atoms with Crippen molar-refractivity contribution in [2.24, 2.45) is 11.8 Å². The third-order valence-electron chi connectivity index (χ3n) is 8.01. The van der Waals surface area contributed by atoms with Crippen molar-refractivity contribution in [2.45, 2.75) is 53.5 Å². The molecule has 2 aromatic carbocycles. The fourth-order valence-corrected chi connectivity index (χ4v) is 5.52. The number of nitrogens with zero attached hydrogens (tertiary/aromatic N) is 2. The Balaban J connectivity index is 1.70. The van der Waals surface area contributed by atoms with E-state index >= 15 is 0 Å². The number of hydrogen-bond donors (Lipinski definition) is 1. The highest BCUT2D eigenvalue weighted by Crippen LogP contribution is 2.42. The lowest BCUT2D eigenvalue weighted by atomic mass is 9.93. The van der Waals surface area contributed by atoms with Gasteiger partial charge in [-0.1, -0.05) is 33.8 Å². The molecule has 240 valence electrons. The van der Waals surface area contributed by atoms with Gasteiger partial charge in [-0.15, -0.1) is 0 Å². The lowest BCUT2D eigenvalue weighted by Gasteiger charge is -2.29. The summed E-state index contributed by atoms with van der Waals surface area (Å²) >= 11 is 0. The van der Waals surface area contributed by atoms with E-state index in [4.69, 9.17) is 18.9 Å². The Morgan fingerprint density at radius 2 is 1.73 bits per heavy atom. The predicted octanol–water partition coefficient (Wildman–Crippen LogP) is 5.61. The number of amides is 1. The molecule has 0 aliphatic carbocycles. The van der Waals surface area contributed by atoms with Crippen molar-refractivity contribution < 1.29 is 33.6 Å². The quantitative estimate of drug-likeness (QED) is 0.168. The molecule has 2 saturated heterocycles. The molecule has 0 radical (unpaired) electrons. The number of likely N-dealkylation sites (tertiary alicyclic amines) is 1. The zero-order valence-electron chi connectivity index (χ0n) is 27.1. The molecule has 0 saturated carbocycles. The molecule has 2 aliphatic rings. The molecule has 2 aliphatic heterocycles. The van der Waals surface area contributed by atoms with E-state index < -0.39 is 17.7 Å². The van der Waals surface area contributed by atoms with Crippen LogP contribution >= 0.6 is 0 Å². The van der Waals surface area contributed by atoms with E-state index in [1.807, 2.05) is 25.1 Å². The first-order valence-electron chi connectivity index (χ1n) is 15.7. The van der Waals surface area contributed by atoms with Gasteiger partial charge in [-0.2, -0.15) is 0 Å². The summed E-state index contributed by atoms with van der Waals surface area (Å²) in [6.45, 7) is 15.6. The predicted molar refractivity (Wildman–Crippen MR) is 170 cm³/mol. The summed E-state index contributed by atoms with van der Waals surface area (Å²) in [4.78, 5) is 31.1. The van der Waals surface area contributed by atoms with Crippen molar-refractivity contribution in [1.82, 2.24) is 9.80 Å². The number of carbonyl (C=O) groups excluding carboxylic acids is 2. The minimum atomic E-state index is -0.783. The van der Waals surface area contributed by atoms with Crippen molar-refractivity contribution >= 4 is 17.4 Å². The number of benzene rings is 2. The average Bonchev–Trinajstić information content (AvgIpc) is 3.25. The maximum absolute atomic E-state index is 13.6. The molecule has 9 heteroatoms. The number of methoxy groups -OCH3 is 1. The van der Waals surface area contributed by atoms with E-state index in [-0.39, 0.29) is 11.3 Å². The number of ether oxygens (including phenoxy) is 4. The summed E-state index contributed by atoms with van der Waals surface area (Å²) in [5.41, 5.74) is 1.96. The van der Waals surface area contributed by atoms with E-state index in [0.717, 1.165) is 31.6 Å². The monoisotopic (exact) mass is 608 g/mol. The van der Waals surface area contributed by atoms with Gasteiger partial charge in [0.05, 0.1) is 45.2 Å². The maximum atomic E-state index is 13.6. The van der Waals surface area contributed by atoms with Gasteiger partial charge in [-0.25, -0.2) is 0 Å². The number of Topliss-reactive ketones (excluding diaryl/α,β-unsaturated/α-hetero) is 1. The third kappa shape index (κ3) is 8.12. The smallest absolute Gasteiger partial charge is 0.295 e. The van der Waals surface area contributed by atoms with Gasteiger partial charge >= 0.3 is 0 Å². The van der Waals surface area contributed by atoms with E-state index in [2.05, 4.69) is 32.6 Å². The molecule has 0 spiro atoms. The summed E-state index contributed by atoms with van der Waals surface area (Å²) in [6, 6.07) is 10.1. The van der Waals surface area contributed by atoms with Gasteiger partial charge in [0.15, 0.2) is 11.5 Å². The number of aliphatic hydroxyl groups is 1. The number of aryl methyl sites for hydroxylation is 1. The minimum absolute atomic E-state index is 0.0656. The molecule has 1 atom stereocenters. The Kier molecular flexibility index (Phi) is 11.7. The minimum Gasteiger partial charge on any atom is -0.507 e. The number of ketones is 1. The summed E-state index contributed by atoms with van der Waals surface area (Å²) in [5, 5.41) is 11.7. The van der Waals surface area contributed by atoms with Crippen LogP contribution in [0.1, 0.15) is 63.3 Å². The Morgan fingerprint density at radius 1 is 0.977 bits per heavy atom. The number of carbonyl (C=O) groups is 2. The summed E-state index contributed by atoms with van der Waals surface area (Å²) < 4.78 is 23.0. The van der Waals surface area contributed by atoms with Gasteiger partial charge in [0.1, 0.15) is 11.5 Å². The first-order chi connectivity index (χ1) is 21.1. The molecule has 1 unspecified atom stereocenters. The second kappa shape index (κ2) is 15.4. The second-order valence-corrected chi connectivity index (χ2v) is 12.4. The summed E-state index contributed by atoms with van der Waals surface area (Å²) in [5.74, 6) is 1.13. The average molecular weight is 609 g/mol. The fraction of sp³-hybridized carbons (Fsp3) is 0.543. The van der Waals surface area contributed by atoms with Crippen LogP contribution in [0.25, 0.3) is 5.76 Å². The maximum Gasteiger partial charge on any atom is 0.295 e. The third-order valence-corrected chi connectivity index (χ3v) is 8.01. The molecule has 0 aromatic heterocycles. The van der Waals surface area contributed by atoms with Crippen LogP contribution in [-0.2, 0) is 14.3 Å². The SMILES string of the molecule is COc1cc(C2/C(=C(\O)c3ccc(OCC(C)C)cc3C)C(=O)C(=O)N2CCCN2CCOCC2)ccc1OCCC(C)C. The molecule has 0 bridgehead atoms. The van der Waals surface area contributed by atoms with Gasteiger partial charge in [-0.3, -0.25) is 14.5 Å². The van der Waals surface area contributed by atoms with Crippen molar-refractivity contribution in [3.05, 3.63) is 58.7 Å². The fourth-order valence-electron chi connectivity index (χ4n) is 5.52. The van der Waals surface area contributed by atoms with Gasteiger partial charge < -0.3 is 29.0 Å². The molecule has 2 heterocycles. The summed E-state index contributed by atoms with van der Waals surface area (Å²) in [7, 11) is 1.57. The van der Waals surface area contributed by atoms with Crippen molar-refractivity contribution in [2.75, 3.05) is 59.7 Å². The molecule has 44 heavy (non-hydrogen) atoms. The van der Waals surface area contributed by atoms with Crippen LogP contribution in [0.5, 0.6) is 17.2 Å². The van der Waals surface area contributed by atoms with Gasteiger partial charge in [0.25, 0.3) is 11.7 Å². The molecule has 9 nitrogen and oxygen atoms in total. The van der Waals surface area contributed by atoms with Gasteiger partial charge in [0, 0.05) is 31.7 Å². The van der Waals surface area contributed by atoms with Crippen molar-refractivity contribution in [1.29, 1.82) is 0 Å². The molecule has 2 fully saturated rings. The molecule has 4 rings (SSSR count). The van der Waals surface area contributed by atoms with Crippen LogP contribution in [0.3, 0.4) is 0 Å². The Hall–Kier alpha value is -3.56. The lowest BCUT2D eigenvalue weighted by Crippen LogP contribution is -2.39. The Labute approximate surface area is 261 Å². The van der Waals surface area contributed by atoms with Crippen LogP contribution in [0.2, 0.25) is 0 Å². The normalized spacial score (nSPS) is 18.8. The first kappa shape index (κ1) is 33.3. The van der Waals surface area contributed by atoms with Gasteiger partial charge in [0.2, 0.25) is 0 Å². The van der Waals surface area contributed by atoms with Gasteiger partial charge in [-0.05, 0) is 73.1 Å². The highest BCUT2D eigenvalue weighted by molar-refractivity contribution is 6.46. The summed E-state index contributed by atoms with van der Waals surface area (Å²) in [6.07, 6.45) is 1.58. The van der Waals surface area contributed by atoms with E-state index in [0.29, 0.717) is 79.6 Å². The van der Waals surface area contributed by atoms with E-state index in [9.17, 15) is 14.7 Å². The number of aliphatic hydroxyl groups excluding tert-OH is 1. The molecular weight excluding hydrogens is 560 g/mol. The number of rotatable bonds is 14. The second-order valence-electron chi connectivity index (χ2n) is 12.4. The zero-order valence-corrected chi connectivity index (χ0v) is 27.1. The molecule has 1 N–H and O–H groups in total. The van der Waals surface area contributed by atoms with Crippen LogP contribution < -0.4 is 14.2 Å². The number of morpholine rings is 1. The molecule has 1 amide bonds. The van der Waals surface area contributed by atoms with E-state index in [1.165, 1.54) is 0 Å². The molecular formula is C35H48N2O7. The topological polar surface area (TPSA) is 97.8 Å². The zero-order chi connectivity index (χ0) is 31.8. The van der Waals surface area contributed by atoms with Crippen LogP contribution in [0.4, 0.5) is 0 Å². The highest BCUT2D eigenvalue weighted by Gasteiger charge is 2.46. The van der Waals surface area contributed by atoms with Crippen molar-refractivity contribution in [3.63, 3.8) is 0 Å². The van der Waals surface area contributed by atoms with Crippen LogP contribution in [0.15, 0.2) is 42.0 Å². The largest absolute Gasteiger partial charge is 0.507 e. The standard InChI is InChI=1S/C35H48N2O7/c1-23(2)12-17-43-29-11-8-26(21-30(29)41-6)32-31(33(38)28-10-9-27(20-25(28)5)44-22-24(3)4)34(39)35(40)37(32)14-7-13-36-15-18-42-19-16-36/h8-11,20-21,23-24,32,38H,7,12-19,22H2,1-6H3/b33-31+. The Morgan fingerprint density at radius 3 is 2.39 bits per heavy atom. The first-order valence-corrected chi connectivity index (χ1v) is 15.7. The lowest BCUT2D eigenvalue weighted by molar-refractivity contribution is -0.140. The number of hydrogen-bond acceptors (Lipinski definition) is 8. The van der Waals surface area contributed by atoms with E-state index in [1.54, 1.807) is 30.2 Å². The molecule has 2 aromatic rings. The van der Waals surface area contributed by atoms with Crippen molar-refractivity contribution in [3.8, 4) is 17.2 Å².